The summed E-state index contributed by atoms with van der Waals surface area (Å²) in [5.41, 5.74) is 2.80. The van der Waals surface area contributed by atoms with E-state index in [-0.39, 0.29) is 23.3 Å². The number of hydrogen-bond donors (Lipinski definition) is 2. The van der Waals surface area contributed by atoms with Crippen molar-refractivity contribution < 1.29 is 9.59 Å². The summed E-state index contributed by atoms with van der Waals surface area (Å²) in [7, 11) is 0. The molecule has 1 aliphatic heterocycles. The molecule has 0 saturated carbocycles. The number of rotatable bonds is 4. The molecule has 0 fully saturated rings. The molecule has 0 unspecified atom stereocenters. The number of carbonyl (C=O) groups excluding carboxylic acids is 2. The average Bonchev–Trinajstić information content (AvgIpc) is 3.16. The van der Waals surface area contributed by atoms with Gasteiger partial charge in [0.15, 0.2) is 0 Å². The standard InChI is InChI=1S/C18H23N3O2S/c1-18(2,3)11-20-16(22)7-14-8-19-17(23)15-6-13(9-21(14)15)12-4-5-24-10-12/h4-6,9-10,14H,7-8,11H2,1-3H3,(H,19,23)(H,20,22)/t14-/m0/s1. The first-order valence-corrected chi connectivity index (χ1v) is 9.07. The Labute approximate surface area is 146 Å². The second-order valence-electron chi connectivity index (χ2n) is 7.44. The van der Waals surface area contributed by atoms with Crippen LogP contribution in [-0.4, -0.2) is 29.5 Å². The van der Waals surface area contributed by atoms with Gasteiger partial charge in [0, 0.05) is 31.3 Å². The zero-order chi connectivity index (χ0) is 17.3. The van der Waals surface area contributed by atoms with Crippen LogP contribution in [0, 0.1) is 5.41 Å². The number of nitrogens with one attached hydrogen (secondary N) is 2. The lowest BCUT2D eigenvalue weighted by molar-refractivity contribution is -0.122. The molecule has 5 nitrogen and oxygen atoms in total. The van der Waals surface area contributed by atoms with Crippen LogP contribution in [0.2, 0.25) is 0 Å². The van der Waals surface area contributed by atoms with Crippen LogP contribution in [0.25, 0.3) is 11.1 Å². The van der Waals surface area contributed by atoms with E-state index < -0.39 is 0 Å². The van der Waals surface area contributed by atoms with E-state index in [1.807, 2.05) is 28.3 Å². The Hall–Kier alpha value is -2.08. The molecule has 1 atom stereocenters. The van der Waals surface area contributed by atoms with E-state index >= 15 is 0 Å². The smallest absolute Gasteiger partial charge is 0.268 e. The number of hydrogen-bond acceptors (Lipinski definition) is 3. The van der Waals surface area contributed by atoms with Crippen molar-refractivity contribution in [1.82, 2.24) is 15.2 Å². The minimum atomic E-state index is -0.0807. The van der Waals surface area contributed by atoms with E-state index in [1.165, 1.54) is 0 Å². The Morgan fingerprint density at radius 2 is 2.21 bits per heavy atom. The van der Waals surface area contributed by atoms with Crippen molar-refractivity contribution in [2.75, 3.05) is 13.1 Å². The van der Waals surface area contributed by atoms with Crippen LogP contribution in [0.4, 0.5) is 0 Å². The Balaban J connectivity index is 1.76. The van der Waals surface area contributed by atoms with Crippen molar-refractivity contribution >= 4 is 23.2 Å². The van der Waals surface area contributed by atoms with Gasteiger partial charge in [-0.2, -0.15) is 11.3 Å². The van der Waals surface area contributed by atoms with Gasteiger partial charge in [0.25, 0.3) is 5.91 Å². The number of aromatic nitrogens is 1. The van der Waals surface area contributed by atoms with Crippen molar-refractivity contribution in [3.8, 4) is 11.1 Å². The third kappa shape index (κ3) is 3.70. The summed E-state index contributed by atoms with van der Waals surface area (Å²) >= 11 is 1.63. The fourth-order valence-corrected chi connectivity index (χ4v) is 3.43. The topological polar surface area (TPSA) is 63.1 Å². The van der Waals surface area contributed by atoms with Gasteiger partial charge in [-0.15, -0.1) is 0 Å². The summed E-state index contributed by atoms with van der Waals surface area (Å²) in [4.78, 5) is 24.4. The Morgan fingerprint density at radius 3 is 2.88 bits per heavy atom. The van der Waals surface area contributed by atoms with Gasteiger partial charge in [0.1, 0.15) is 5.69 Å². The number of thiophene rings is 1. The second kappa shape index (κ2) is 6.43. The highest BCUT2D eigenvalue weighted by Crippen LogP contribution is 2.29. The van der Waals surface area contributed by atoms with Crippen LogP contribution in [0.5, 0.6) is 0 Å². The molecule has 2 amide bonds. The fraction of sp³-hybridized carbons (Fsp3) is 0.444. The quantitative estimate of drug-likeness (QED) is 0.894. The third-order valence-electron chi connectivity index (χ3n) is 4.06. The molecule has 128 valence electrons. The molecule has 0 saturated heterocycles. The molecule has 0 radical (unpaired) electrons. The number of carbonyl (C=O) groups is 2. The van der Waals surface area contributed by atoms with Crippen molar-refractivity contribution in [1.29, 1.82) is 0 Å². The molecule has 0 aliphatic carbocycles. The highest BCUT2D eigenvalue weighted by molar-refractivity contribution is 7.08. The van der Waals surface area contributed by atoms with E-state index in [1.54, 1.807) is 11.3 Å². The predicted octanol–water partition coefficient (Wildman–Crippen LogP) is 3.05. The van der Waals surface area contributed by atoms with Crippen molar-refractivity contribution in [2.24, 2.45) is 5.41 Å². The average molecular weight is 345 g/mol. The number of nitrogens with zero attached hydrogens (tertiary/aromatic N) is 1. The maximum absolute atomic E-state index is 12.2. The van der Waals surface area contributed by atoms with Crippen LogP contribution in [0.1, 0.15) is 43.7 Å². The summed E-state index contributed by atoms with van der Waals surface area (Å²) in [6.07, 6.45) is 2.35. The molecular formula is C18H23N3O2S. The first kappa shape index (κ1) is 16.8. The van der Waals surface area contributed by atoms with Gasteiger partial charge in [-0.3, -0.25) is 9.59 Å². The maximum Gasteiger partial charge on any atom is 0.268 e. The Kier molecular flexibility index (Phi) is 4.49. The van der Waals surface area contributed by atoms with Crippen LogP contribution in [0.3, 0.4) is 0 Å². The molecule has 2 N–H and O–H groups in total. The van der Waals surface area contributed by atoms with Gasteiger partial charge in [0.05, 0.1) is 6.04 Å². The predicted molar refractivity (Wildman–Crippen MR) is 96.2 cm³/mol. The number of fused-ring (bicyclic) bond motifs is 1. The second-order valence-corrected chi connectivity index (χ2v) is 8.22. The molecular weight excluding hydrogens is 322 g/mol. The van der Waals surface area contributed by atoms with Gasteiger partial charge in [-0.1, -0.05) is 20.8 Å². The summed E-state index contributed by atoms with van der Waals surface area (Å²) in [5, 5.41) is 9.95. The molecule has 3 rings (SSSR count). The maximum atomic E-state index is 12.2. The number of amides is 2. The van der Waals surface area contributed by atoms with E-state index in [9.17, 15) is 9.59 Å². The summed E-state index contributed by atoms with van der Waals surface area (Å²) in [6.45, 7) is 7.39. The SMILES string of the molecule is CC(C)(C)CNC(=O)C[C@H]1CNC(=O)c2cc(-c3ccsc3)cn21. The molecule has 1 aliphatic rings. The van der Waals surface area contributed by atoms with Gasteiger partial charge < -0.3 is 15.2 Å². The van der Waals surface area contributed by atoms with Crippen LogP contribution in [0.15, 0.2) is 29.1 Å². The zero-order valence-corrected chi connectivity index (χ0v) is 15.1. The lowest BCUT2D eigenvalue weighted by atomic mass is 9.97. The fourth-order valence-electron chi connectivity index (χ4n) is 2.77. The first-order chi connectivity index (χ1) is 11.3. The molecule has 3 heterocycles. The van der Waals surface area contributed by atoms with Crippen molar-refractivity contribution in [3.63, 3.8) is 0 Å². The molecule has 0 aromatic carbocycles. The molecule has 0 bridgehead atoms. The first-order valence-electron chi connectivity index (χ1n) is 8.13. The Morgan fingerprint density at radius 1 is 1.42 bits per heavy atom. The zero-order valence-electron chi connectivity index (χ0n) is 14.3. The van der Waals surface area contributed by atoms with Crippen molar-refractivity contribution in [3.05, 3.63) is 34.8 Å². The van der Waals surface area contributed by atoms with Gasteiger partial charge in [0.2, 0.25) is 5.91 Å². The minimum Gasteiger partial charge on any atom is -0.356 e. The van der Waals surface area contributed by atoms with Crippen LogP contribution < -0.4 is 10.6 Å². The van der Waals surface area contributed by atoms with Crippen molar-refractivity contribution in [2.45, 2.75) is 33.2 Å². The van der Waals surface area contributed by atoms with Crippen LogP contribution >= 0.6 is 11.3 Å². The van der Waals surface area contributed by atoms with Gasteiger partial charge >= 0.3 is 0 Å². The lowest BCUT2D eigenvalue weighted by Crippen LogP contribution is -2.41. The van der Waals surface area contributed by atoms with E-state index in [2.05, 4.69) is 36.8 Å². The highest BCUT2D eigenvalue weighted by Gasteiger charge is 2.27. The van der Waals surface area contributed by atoms with Crippen LogP contribution in [-0.2, 0) is 4.79 Å². The highest BCUT2D eigenvalue weighted by atomic mass is 32.1. The minimum absolute atomic E-state index is 0.0165. The third-order valence-corrected chi connectivity index (χ3v) is 4.75. The summed E-state index contributed by atoms with van der Waals surface area (Å²) in [5.74, 6) is -0.0642. The molecule has 2 aromatic rings. The largest absolute Gasteiger partial charge is 0.356 e. The van der Waals surface area contributed by atoms with E-state index in [4.69, 9.17) is 0 Å². The normalized spacial score (nSPS) is 17.3. The Bertz CT molecular complexity index is 741. The van der Waals surface area contributed by atoms with Gasteiger partial charge in [-0.05, 0) is 33.9 Å². The summed E-state index contributed by atoms with van der Waals surface area (Å²) < 4.78 is 1.95. The molecule has 0 spiro atoms. The lowest BCUT2D eigenvalue weighted by Gasteiger charge is -2.26. The summed E-state index contributed by atoms with van der Waals surface area (Å²) in [6, 6.07) is 3.89. The van der Waals surface area contributed by atoms with E-state index in [0.717, 1.165) is 11.1 Å². The van der Waals surface area contributed by atoms with E-state index in [0.29, 0.717) is 25.2 Å². The molecule has 2 aromatic heterocycles. The molecule has 24 heavy (non-hydrogen) atoms. The van der Waals surface area contributed by atoms with Gasteiger partial charge in [-0.25, -0.2) is 0 Å². The monoisotopic (exact) mass is 345 g/mol. The molecule has 6 heteroatoms.